The molecule has 0 N–H and O–H groups in total. The first-order valence-corrected chi connectivity index (χ1v) is 9.77. The van der Waals surface area contributed by atoms with Gasteiger partial charge < -0.3 is 4.74 Å². The van der Waals surface area contributed by atoms with E-state index in [1.54, 1.807) is 12.1 Å². The standard InChI is InChI=1S/C24H18N2O6/c1-14-3-7-19(11-15(14)2)25-22(27)20-10-6-17(12-21(20)23(25)28)24(29)32-13-16-4-8-18(9-5-16)26(30)31/h3-12H,13H2,1-2H3. The van der Waals surface area contributed by atoms with Gasteiger partial charge in [-0.25, -0.2) is 9.69 Å². The van der Waals surface area contributed by atoms with Crippen LogP contribution in [0.3, 0.4) is 0 Å². The lowest BCUT2D eigenvalue weighted by Gasteiger charge is -2.15. The minimum absolute atomic E-state index is 0.0600. The van der Waals surface area contributed by atoms with Gasteiger partial charge in [0.25, 0.3) is 17.5 Å². The van der Waals surface area contributed by atoms with Crippen LogP contribution in [-0.2, 0) is 11.3 Å². The summed E-state index contributed by atoms with van der Waals surface area (Å²) in [6.07, 6.45) is 0. The zero-order valence-electron chi connectivity index (χ0n) is 17.3. The number of benzene rings is 3. The summed E-state index contributed by atoms with van der Waals surface area (Å²) in [7, 11) is 0. The Labute approximate surface area is 183 Å². The molecule has 3 aromatic carbocycles. The molecular formula is C24H18N2O6. The Morgan fingerprint density at radius 3 is 2.25 bits per heavy atom. The van der Waals surface area contributed by atoms with Crippen LogP contribution in [0.5, 0.6) is 0 Å². The van der Waals surface area contributed by atoms with Gasteiger partial charge in [0.05, 0.1) is 27.3 Å². The number of carbonyl (C=O) groups is 3. The molecule has 8 nitrogen and oxygen atoms in total. The van der Waals surface area contributed by atoms with Crippen molar-refractivity contribution >= 4 is 29.2 Å². The molecule has 0 saturated heterocycles. The number of hydrogen-bond acceptors (Lipinski definition) is 6. The van der Waals surface area contributed by atoms with Crippen LogP contribution in [0.2, 0.25) is 0 Å². The molecule has 0 aromatic heterocycles. The molecule has 160 valence electrons. The van der Waals surface area contributed by atoms with Gasteiger partial charge in [0.2, 0.25) is 0 Å². The van der Waals surface area contributed by atoms with E-state index in [4.69, 9.17) is 4.74 Å². The van der Waals surface area contributed by atoms with Crippen molar-refractivity contribution in [2.45, 2.75) is 20.5 Å². The summed E-state index contributed by atoms with van der Waals surface area (Å²) >= 11 is 0. The highest BCUT2D eigenvalue weighted by atomic mass is 16.6. The number of nitrogens with zero attached hydrogens (tertiary/aromatic N) is 2. The molecule has 0 atom stereocenters. The molecule has 2 amide bonds. The molecular weight excluding hydrogens is 412 g/mol. The molecule has 4 rings (SSSR count). The number of aryl methyl sites for hydroxylation is 2. The zero-order chi connectivity index (χ0) is 23.0. The highest BCUT2D eigenvalue weighted by molar-refractivity contribution is 6.34. The number of non-ortho nitro benzene ring substituents is 1. The van der Waals surface area contributed by atoms with Crippen molar-refractivity contribution < 1.29 is 24.0 Å². The molecule has 8 heteroatoms. The van der Waals surface area contributed by atoms with E-state index in [1.807, 2.05) is 19.9 Å². The number of fused-ring (bicyclic) bond motifs is 1. The number of nitro groups is 1. The Kier molecular flexibility index (Phi) is 5.28. The van der Waals surface area contributed by atoms with E-state index in [-0.39, 0.29) is 29.0 Å². The summed E-state index contributed by atoms with van der Waals surface area (Å²) < 4.78 is 5.26. The van der Waals surface area contributed by atoms with Gasteiger partial charge in [-0.15, -0.1) is 0 Å². The molecule has 0 bridgehead atoms. The summed E-state index contributed by atoms with van der Waals surface area (Å²) in [5.74, 6) is -1.62. The highest BCUT2D eigenvalue weighted by Crippen LogP contribution is 2.30. The summed E-state index contributed by atoms with van der Waals surface area (Å²) in [5.41, 5.74) is 3.49. The molecule has 0 aliphatic carbocycles. The third-order valence-corrected chi connectivity index (χ3v) is 5.39. The second kappa shape index (κ2) is 8.07. The molecule has 1 heterocycles. The van der Waals surface area contributed by atoms with E-state index in [2.05, 4.69) is 0 Å². The Balaban J connectivity index is 1.52. The maximum Gasteiger partial charge on any atom is 0.338 e. The summed E-state index contributed by atoms with van der Waals surface area (Å²) in [6, 6.07) is 15.2. The van der Waals surface area contributed by atoms with Gasteiger partial charge in [-0.1, -0.05) is 6.07 Å². The van der Waals surface area contributed by atoms with Crippen molar-refractivity contribution in [1.82, 2.24) is 0 Å². The number of amides is 2. The number of ether oxygens (including phenoxy) is 1. The fraction of sp³-hybridized carbons (Fsp3) is 0.125. The predicted molar refractivity (Wildman–Crippen MR) is 116 cm³/mol. The number of nitro benzene ring substituents is 1. The number of rotatable bonds is 5. The van der Waals surface area contributed by atoms with Crippen molar-refractivity contribution in [2.75, 3.05) is 4.90 Å². The van der Waals surface area contributed by atoms with E-state index in [9.17, 15) is 24.5 Å². The van der Waals surface area contributed by atoms with E-state index in [0.717, 1.165) is 16.0 Å². The fourth-order valence-corrected chi connectivity index (χ4v) is 3.41. The lowest BCUT2D eigenvalue weighted by atomic mass is 10.1. The van der Waals surface area contributed by atoms with Crippen LogP contribution in [0.25, 0.3) is 0 Å². The van der Waals surface area contributed by atoms with Crippen molar-refractivity contribution in [3.63, 3.8) is 0 Å². The molecule has 0 saturated carbocycles. The Morgan fingerprint density at radius 2 is 1.59 bits per heavy atom. The Hall–Kier alpha value is -4.33. The SMILES string of the molecule is Cc1ccc(N2C(=O)c3ccc(C(=O)OCc4ccc([N+](=O)[O-])cc4)cc3C2=O)cc1C. The van der Waals surface area contributed by atoms with Crippen molar-refractivity contribution in [3.05, 3.63) is 104 Å². The molecule has 1 aliphatic heterocycles. The Bertz CT molecular complexity index is 1280. The van der Waals surface area contributed by atoms with E-state index in [1.165, 1.54) is 42.5 Å². The summed E-state index contributed by atoms with van der Waals surface area (Å²) in [6.45, 7) is 3.75. The fourth-order valence-electron chi connectivity index (χ4n) is 3.41. The quantitative estimate of drug-likeness (QED) is 0.257. The van der Waals surface area contributed by atoms with Gasteiger partial charge in [-0.2, -0.15) is 0 Å². The van der Waals surface area contributed by atoms with Crippen LogP contribution in [0.1, 0.15) is 47.8 Å². The van der Waals surface area contributed by atoms with Crippen LogP contribution in [-0.4, -0.2) is 22.7 Å². The molecule has 0 spiro atoms. The second-order valence-corrected chi connectivity index (χ2v) is 7.47. The largest absolute Gasteiger partial charge is 0.457 e. The molecule has 1 aliphatic rings. The molecule has 0 radical (unpaired) electrons. The van der Waals surface area contributed by atoms with Crippen molar-refractivity contribution in [1.29, 1.82) is 0 Å². The van der Waals surface area contributed by atoms with E-state index >= 15 is 0 Å². The predicted octanol–water partition coefficient (Wildman–Crippen LogP) is 4.37. The minimum Gasteiger partial charge on any atom is -0.457 e. The van der Waals surface area contributed by atoms with Crippen LogP contribution in [0.4, 0.5) is 11.4 Å². The van der Waals surface area contributed by atoms with Gasteiger partial charge in [0, 0.05) is 12.1 Å². The average Bonchev–Trinajstić information content (AvgIpc) is 3.04. The smallest absolute Gasteiger partial charge is 0.338 e. The van der Waals surface area contributed by atoms with Gasteiger partial charge in [0.15, 0.2) is 0 Å². The van der Waals surface area contributed by atoms with E-state index < -0.39 is 22.7 Å². The van der Waals surface area contributed by atoms with Gasteiger partial charge in [0.1, 0.15) is 6.61 Å². The van der Waals surface area contributed by atoms with Crippen LogP contribution < -0.4 is 4.90 Å². The zero-order valence-corrected chi connectivity index (χ0v) is 17.3. The molecule has 32 heavy (non-hydrogen) atoms. The maximum absolute atomic E-state index is 12.9. The minimum atomic E-state index is -0.670. The number of imide groups is 1. The maximum atomic E-state index is 12.9. The van der Waals surface area contributed by atoms with Crippen LogP contribution >= 0.6 is 0 Å². The first-order valence-electron chi connectivity index (χ1n) is 9.77. The monoisotopic (exact) mass is 430 g/mol. The molecule has 0 unspecified atom stereocenters. The Morgan fingerprint density at radius 1 is 0.906 bits per heavy atom. The van der Waals surface area contributed by atoms with E-state index in [0.29, 0.717) is 11.3 Å². The van der Waals surface area contributed by atoms with Crippen molar-refractivity contribution in [3.8, 4) is 0 Å². The van der Waals surface area contributed by atoms with Gasteiger partial charge in [-0.3, -0.25) is 19.7 Å². The van der Waals surface area contributed by atoms with Gasteiger partial charge >= 0.3 is 5.97 Å². The second-order valence-electron chi connectivity index (χ2n) is 7.47. The summed E-state index contributed by atoms with van der Waals surface area (Å²) in [4.78, 5) is 49.5. The topological polar surface area (TPSA) is 107 Å². The third kappa shape index (κ3) is 3.74. The molecule has 3 aromatic rings. The summed E-state index contributed by atoms with van der Waals surface area (Å²) in [5, 5.41) is 10.7. The third-order valence-electron chi connectivity index (χ3n) is 5.39. The average molecular weight is 430 g/mol. The first kappa shape index (κ1) is 20.9. The number of esters is 1. The lowest BCUT2D eigenvalue weighted by molar-refractivity contribution is -0.384. The highest BCUT2D eigenvalue weighted by Gasteiger charge is 2.37. The number of hydrogen-bond donors (Lipinski definition) is 0. The van der Waals surface area contributed by atoms with Crippen LogP contribution in [0, 0.1) is 24.0 Å². The van der Waals surface area contributed by atoms with Crippen LogP contribution in [0.15, 0.2) is 60.7 Å². The van der Waals surface area contributed by atoms with Crippen molar-refractivity contribution in [2.24, 2.45) is 0 Å². The number of carbonyl (C=O) groups excluding carboxylic acids is 3. The number of anilines is 1. The molecule has 0 fully saturated rings. The normalized spacial score (nSPS) is 12.6. The lowest BCUT2D eigenvalue weighted by Crippen LogP contribution is -2.29. The van der Waals surface area contributed by atoms with Gasteiger partial charge in [-0.05, 0) is 73.0 Å². The first-order chi connectivity index (χ1) is 15.3.